The highest BCUT2D eigenvalue weighted by Gasteiger charge is 2.22. The Bertz CT molecular complexity index is 333. The van der Waals surface area contributed by atoms with Crippen LogP contribution in [-0.2, 0) is 14.8 Å². The number of hydrogen-bond acceptors (Lipinski definition) is 4. The number of carbonyl (C=O) groups is 1. The molecule has 0 bridgehead atoms. The van der Waals surface area contributed by atoms with Crippen molar-refractivity contribution in [2.24, 2.45) is 0 Å². The molecule has 0 spiro atoms. The maximum atomic E-state index is 11.2. The Kier molecular flexibility index (Phi) is 4.69. The first-order valence-electron chi connectivity index (χ1n) is 5.29. The molecule has 0 aromatic carbocycles. The molecule has 7 heteroatoms. The van der Waals surface area contributed by atoms with Gasteiger partial charge in [0.25, 0.3) is 0 Å². The first-order valence-corrected chi connectivity index (χ1v) is 7.13. The quantitative estimate of drug-likeness (QED) is 0.707. The second-order valence-electron chi connectivity index (χ2n) is 4.00. The molecule has 0 aromatic rings. The van der Waals surface area contributed by atoms with E-state index in [9.17, 15) is 13.2 Å². The fourth-order valence-electron chi connectivity index (χ4n) is 1.74. The summed E-state index contributed by atoms with van der Waals surface area (Å²) in [6, 6.07) is 0. The van der Waals surface area contributed by atoms with Gasteiger partial charge in [-0.05, 0) is 13.0 Å². The van der Waals surface area contributed by atoms with Gasteiger partial charge in [0.1, 0.15) is 0 Å². The summed E-state index contributed by atoms with van der Waals surface area (Å²) in [4.78, 5) is 12.4. The van der Waals surface area contributed by atoms with Gasteiger partial charge < -0.3 is 10.0 Å². The molecule has 1 fully saturated rings. The fourth-order valence-corrected chi connectivity index (χ4v) is 2.57. The van der Waals surface area contributed by atoms with E-state index in [1.807, 2.05) is 0 Å². The van der Waals surface area contributed by atoms with Crippen molar-refractivity contribution in [1.29, 1.82) is 0 Å². The van der Waals surface area contributed by atoms with Crippen LogP contribution in [0.15, 0.2) is 0 Å². The van der Waals surface area contributed by atoms with Crippen molar-refractivity contribution >= 4 is 16.0 Å². The van der Waals surface area contributed by atoms with E-state index in [0.29, 0.717) is 32.6 Å². The summed E-state index contributed by atoms with van der Waals surface area (Å²) in [6.45, 7) is 3.11. The molecule has 0 radical (unpaired) electrons. The van der Waals surface area contributed by atoms with Crippen LogP contribution in [0.25, 0.3) is 0 Å². The Morgan fingerprint density at radius 3 is 2.25 bits per heavy atom. The van der Waals surface area contributed by atoms with Crippen molar-refractivity contribution < 1.29 is 18.3 Å². The largest absolute Gasteiger partial charge is 0.481 e. The summed E-state index contributed by atoms with van der Waals surface area (Å²) in [7, 11) is -3.07. The summed E-state index contributed by atoms with van der Waals surface area (Å²) in [5, 5.41) is 8.49. The number of piperazine rings is 1. The maximum Gasteiger partial charge on any atom is 0.303 e. The second-order valence-corrected chi connectivity index (χ2v) is 5.98. The lowest BCUT2D eigenvalue weighted by atomic mass is 10.2. The van der Waals surface area contributed by atoms with Gasteiger partial charge in [-0.3, -0.25) is 4.79 Å². The minimum Gasteiger partial charge on any atom is -0.481 e. The smallest absolute Gasteiger partial charge is 0.303 e. The van der Waals surface area contributed by atoms with Gasteiger partial charge in [0, 0.05) is 32.6 Å². The molecule has 0 amide bonds. The highest BCUT2D eigenvalue weighted by molar-refractivity contribution is 7.88. The van der Waals surface area contributed by atoms with Gasteiger partial charge in [0.15, 0.2) is 0 Å². The van der Waals surface area contributed by atoms with E-state index in [4.69, 9.17) is 5.11 Å². The molecule has 0 aliphatic carbocycles. The molecule has 0 unspecified atom stereocenters. The molecular formula is C9H18N2O4S. The maximum absolute atomic E-state index is 11.2. The summed E-state index contributed by atoms with van der Waals surface area (Å²) in [5.74, 6) is -0.783. The number of hydrogen-bond donors (Lipinski definition) is 1. The van der Waals surface area contributed by atoms with Crippen molar-refractivity contribution in [3.63, 3.8) is 0 Å². The van der Waals surface area contributed by atoms with E-state index < -0.39 is 16.0 Å². The highest BCUT2D eigenvalue weighted by Crippen LogP contribution is 2.06. The van der Waals surface area contributed by atoms with E-state index >= 15 is 0 Å². The lowest BCUT2D eigenvalue weighted by molar-refractivity contribution is -0.137. The molecule has 0 aromatic heterocycles. The number of sulfonamides is 1. The monoisotopic (exact) mass is 250 g/mol. The predicted molar refractivity (Wildman–Crippen MR) is 59.7 cm³/mol. The van der Waals surface area contributed by atoms with Crippen LogP contribution in [0.5, 0.6) is 0 Å². The average Bonchev–Trinajstić information content (AvgIpc) is 2.16. The number of aliphatic carboxylic acids is 1. The first kappa shape index (κ1) is 13.4. The highest BCUT2D eigenvalue weighted by atomic mass is 32.2. The van der Waals surface area contributed by atoms with Crippen LogP contribution < -0.4 is 0 Å². The molecule has 6 nitrogen and oxygen atoms in total. The minimum absolute atomic E-state index is 0.173. The molecule has 1 aliphatic rings. The third kappa shape index (κ3) is 4.46. The molecule has 1 heterocycles. The second kappa shape index (κ2) is 5.60. The first-order chi connectivity index (χ1) is 7.39. The van der Waals surface area contributed by atoms with Crippen molar-refractivity contribution in [2.45, 2.75) is 12.8 Å². The SMILES string of the molecule is CS(=O)(=O)N1CCN(CCCC(=O)O)CC1. The van der Waals surface area contributed by atoms with Crippen molar-refractivity contribution in [3.05, 3.63) is 0 Å². The minimum atomic E-state index is -3.07. The average molecular weight is 250 g/mol. The van der Waals surface area contributed by atoms with Crippen LogP contribution in [0.4, 0.5) is 0 Å². The van der Waals surface area contributed by atoms with Crippen molar-refractivity contribution in [3.8, 4) is 0 Å². The summed E-state index contributed by atoms with van der Waals surface area (Å²) < 4.78 is 23.9. The Hall–Kier alpha value is -0.660. The van der Waals surface area contributed by atoms with Crippen LogP contribution >= 0.6 is 0 Å². The number of carboxylic acids is 1. The van der Waals surface area contributed by atoms with E-state index in [0.717, 1.165) is 6.54 Å². The molecule has 1 rings (SSSR count). The van der Waals surface area contributed by atoms with E-state index in [-0.39, 0.29) is 6.42 Å². The Morgan fingerprint density at radius 1 is 1.25 bits per heavy atom. The lowest BCUT2D eigenvalue weighted by Crippen LogP contribution is -2.48. The molecule has 94 valence electrons. The zero-order valence-corrected chi connectivity index (χ0v) is 10.2. The zero-order chi connectivity index (χ0) is 12.2. The molecule has 16 heavy (non-hydrogen) atoms. The number of nitrogens with zero attached hydrogens (tertiary/aromatic N) is 2. The normalized spacial score (nSPS) is 19.8. The van der Waals surface area contributed by atoms with Gasteiger partial charge in [-0.15, -0.1) is 0 Å². The summed E-state index contributed by atoms with van der Waals surface area (Å²) >= 11 is 0. The molecule has 0 saturated carbocycles. The van der Waals surface area contributed by atoms with Crippen LogP contribution in [0.1, 0.15) is 12.8 Å². The Morgan fingerprint density at radius 2 is 1.81 bits per heavy atom. The molecule has 1 saturated heterocycles. The zero-order valence-electron chi connectivity index (χ0n) is 9.42. The van der Waals surface area contributed by atoms with Crippen molar-refractivity contribution in [1.82, 2.24) is 9.21 Å². The van der Waals surface area contributed by atoms with E-state index in [2.05, 4.69) is 4.90 Å². The van der Waals surface area contributed by atoms with Gasteiger partial charge in [0.2, 0.25) is 10.0 Å². The molecular weight excluding hydrogens is 232 g/mol. The predicted octanol–water partition coefficient (Wildman–Crippen LogP) is -0.572. The van der Waals surface area contributed by atoms with Gasteiger partial charge in [-0.1, -0.05) is 0 Å². The van der Waals surface area contributed by atoms with E-state index in [1.165, 1.54) is 10.6 Å². The lowest BCUT2D eigenvalue weighted by Gasteiger charge is -2.33. The number of carboxylic acid groups (broad SMARTS) is 1. The van der Waals surface area contributed by atoms with Crippen molar-refractivity contribution in [2.75, 3.05) is 39.0 Å². The van der Waals surface area contributed by atoms with Gasteiger partial charge in [-0.25, -0.2) is 8.42 Å². The van der Waals surface area contributed by atoms with Crippen LogP contribution in [0, 0.1) is 0 Å². The molecule has 1 aliphatic heterocycles. The Balaban J connectivity index is 2.25. The van der Waals surface area contributed by atoms with Crippen LogP contribution in [0.2, 0.25) is 0 Å². The Labute approximate surface area is 95.9 Å². The summed E-state index contributed by atoms with van der Waals surface area (Å²) in [5.41, 5.74) is 0. The number of rotatable bonds is 5. The molecule has 1 N–H and O–H groups in total. The topological polar surface area (TPSA) is 77.9 Å². The fraction of sp³-hybridized carbons (Fsp3) is 0.889. The summed E-state index contributed by atoms with van der Waals surface area (Å²) in [6.07, 6.45) is 2.01. The van der Waals surface area contributed by atoms with E-state index in [1.54, 1.807) is 0 Å². The third-order valence-corrected chi connectivity index (χ3v) is 3.97. The third-order valence-electron chi connectivity index (χ3n) is 2.67. The van der Waals surface area contributed by atoms with Crippen LogP contribution in [-0.4, -0.2) is 67.7 Å². The van der Waals surface area contributed by atoms with Gasteiger partial charge in [-0.2, -0.15) is 4.31 Å². The van der Waals surface area contributed by atoms with Gasteiger partial charge >= 0.3 is 5.97 Å². The van der Waals surface area contributed by atoms with Crippen LogP contribution in [0.3, 0.4) is 0 Å². The standard InChI is InChI=1S/C9H18N2O4S/c1-16(14,15)11-7-5-10(6-8-11)4-2-3-9(12)13/h2-8H2,1H3,(H,12,13). The van der Waals surface area contributed by atoms with Gasteiger partial charge in [0.05, 0.1) is 6.26 Å². The molecule has 0 atom stereocenters.